The van der Waals surface area contributed by atoms with E-state index >= 15 is 0 Å². The average Bonchev–Trinajstić information content (AvgIpc) is 2.63. The van der Waals surface area contributed by atoms with Crippen molar-refractivity contribution >= 4 is 5.78 Å². The van der Waals surface area contributed by atoms with Gasteiger partial charge in [-0.05, 0) is 25.0 Å². The van der Waals surface area contributed by atoms with Gasteiger partial charge in [-0.1, -0.05) is 13.0 Å². The highest BCUT2D eigenvalue weighted by Crippen LogP contribution is 2.23. The molecule has 0 bridgehead atoms. The number of nitrogens with zero attached hydrogens (tertiary/aromatic N) is 3. The van der Waals surface area contributed by atoms with Gasteiger partial charge in [0.15, 0.2) is 5.78 Å². The number of hydrogen-bond acceptors (Lipinski definition) is 5. The van der Waals surface area contributed by atoms with Crippen LogP contribution in [0, 0.1) is 12.7 Å². The van der Waals surface area contributed by atoms with Crippen molar-refractivity contribution in [3.05, 3.63) is 77.4 Å². The predicted octanol–water partition coefficient (Wildman–Crippen LogP) is 4.10. The number of rotatable bonds is 6. The lowest BCUT2D eigenvalue weighted by Gasteiger charge is -2.09. The highest BCUT2D eigenvalue weighted by Gasteiger charge is 2.13. The van der Waals surface area contributed by atoms with Crippen LogP contribution in [0.25, 0.3) is 0 Å². The molecule has 0 aliphatic carbocycles. The summed E-state index contributed by atoms with van der Waals surface area (Å²) in [6.45, 7) is 3.88. The molecule has 26 heavy (non-hydrogen) atoms. The molecule has 3 rings (SSSR count). The van der Waals surface area contributed by atoms with E-state index in [0.29, 0.717) is 29.3 Å². The first-order valence-electron chi connectivity index (χ1n) is 8.27. The Kier molecular flexibility index (Phi) is 5.31. The third kappa shape index (κ3) is 4.47. The van der Waals surface area contributed by atoms with Gasteiger partial charge in [-0.25, -0.2) is 9.37 Å². The topological polar surface area (TPSA) is 65.0 Å². The maximum absolute atomic E-state index is 13.3. The average molecular weight is 351 g/mol. The molecule has 0 N–H and O–H groups in total. The summed E-state index contributed by atoms with van der Waals surface area (Å²) < 4.78 is 18.9. The lowest BCUT2D eigenvalue weighted by molar-refractivity contribution is 0.0986. The Morgan fingerprint density at radius 1 is 1.08 bits per heavy atom. The van der Waals surface area contributed by atoms with Crippen molar-refractivity contribution in [3.63, 3.8) is 0 Å². The molecule has 0 saturated heterocycles. The van der Waals surface area contributed by atoms with Crippen molar-refractivity contribution in [3.8, 4) is 11.5 Å². The van der Waals surface area contributed by atoms with Gasteiger partial charge in [0.25, 0.3) is 0 Å². The summed E-state index contributed by atoms with van der Waals surface area (Å²) in [6, 6.07) is 8.26. The molecule has 3 aromatic heterocycles. The largest absolute Gasteiger partial charge is 0.455 e. The Labute approximate surface area is 150 Å². The number of carbonyl (C=O) groups is 1. The molecule has 0 amide bonds. The standard InChI is InChI=1S/C20H18FN3O2/c1-3-15-7-17(26-18-6-14(21)11-22-12-18)9-19(24-15)20(25)8-16-5-4-13(2)10-23-16/h4-7,9-12H,3,8H2,1-2H3. The maximum Gasteiger partial charge on any atom is 0.187 e. The minimum absolute atomic E-state index is 0.154. The number of aryl methyl sites for hydroxylation is 2. The molecule has 0 unspecified atom stereocenters. The fourth-order valence-corrected chi connectivity index (χ4v) is 2.39. The number of carbonyl (C=O) groups excluding carboxylic acids is 1. The van der Waals surface area contributed by atoms with E-state index in [-0.39, 0.29) is 18.0 Å². The zero-order chi connectivity index (χ0) is 18.5. The Morgan fingerprint density at radius 3 is 2.62 bits per heavy atom. The molecule has 0 atom stereocenters. The third-order valence-corrected chi connectivity index (χ3v) is 3.73. The highest BCUT2D eigenvalue weighted by atomic mass is 19.1. The van der Waals surface area contributed by atoms with Crippen LogP contribution in [0.3, 0.4) is 0 Å². The summed E-state index contributed by atoms with van der Waals surface area (Å²) in [6.07, 6.45) is 5.03. The number of Topliss-reactive ketones (excluding diaryl/α,β-unsaturated/α-hetero) is 1. The molecule has 6 heteroatoms. The van der Waals surface area contributed by atoms with Gasteiger partial charge >= 0.3 is 0 Å². The molecule has 5 nitrogen and oxygen atoms in total. The van der Waals surface area contributed by atoms with Crippen LogP contribution in [-0.4, -0.2) is 20.7 Å². The van der Waals surface area contributed by atoms with Crippen LogP contribution in [0.1, 0.15) is 34.4 Å². The summed E-state index contributed by atoms with van der Waals surface area (Å²) in [5.41, 5.74) is 2.73. The lowest BCUT2D eigenvalue weighted by Crippen LogP contribution is -2.09. The van der Waals surface area contributed by atoms with E-state index in [1.165, 1.54) is 12.3 Å². The molecule has 132 valence electrons. The van der Waals surface area contributed by atoms with Crippen LogP contribution in [0.15, 0.2) is 48.9 Å². The van der Waals surface area contributed by atoms with Crippen molar-refractivity contribution in [2.24, 2.45) is 0 Å². The van der Waals surface area contributed by atoms with E-state index in [4.69, 9.17) is 4.74 Å². The van der Waals surface area contributed by atoms with Crippen LogP contribution in [-0.2, 0) is 12.8 Å². The zero-order valence-electron chi connectivity index (χ0n) is 14.6. The van der Waals surface area contributed by atoms with Gasteiger partial charge in [-0.15, -0.1) is 0 Å². The molecule has 0 radical (unpaired) electrons. The quantitative estimate of drug-likeness (QED) is 0.626. The molecular formula is C20H18FN3O2. The van der Waals surface area contributed by atoms with Crippen LogP contribution in [0.4, 0.5) is 4.39 Å². The molecule has 0 fully saturated rings. The van der Waals surface area contributed by atoms with E-state index in [1.807, 2.05) is 26.0 Å². The van der Waals surface area contributed by atoms with Crippen molar-refractivity contribution < 1.29 is 13.9 Å². The van der Waals surface area contributed by atoms with Crippen molar-refractivity contribution in [1.29, 1.82) is 0 Å². The van der Waals surface area contributed by atoms with Crippen LogP contribution < -0.4 is 4.74 Å². The van der Waals surface area contributed by atoms with Crippen LogP contribution in [0.5, 0.6) is 11.5 Å². The zero-order valence-corrected chi connectivity index (χ0v) is 14.6. The van der Waals surface area contributed by atoms with Crippen molar-refractivity contribution in [1.82, 2.24) is 15.0 Å². The number of hydrogen-bond donors (Lipinski definition) is 0. The van der Waals surface area contributed by atoms with E-state index in [0.717, 1.165) is 11.8 Å². The molecule has 0 aliphatic heterocycles. The SMILES string of the molecule is CCc1cc(Oc2cncc(F)c2)cc(C(=O)Cc2ccc(C)cn2)n1. The Morgan fingerprint density at radius 2 is 1.92 bits per heavy atom. The molecule has 0 aliphatic rings. The molecule has 3 aromatic rings. The summed E-state index contributed by atoms with van der Waals surface area (Å²) in [5, 5.41) is 0. The van der Waals surface area contributed by atoms with Gasteiger partial charge in [-0.3, -0.25) is 14.8 Å². The van der Waals surface area contributed by atoms with Crippen LogP contribution in [0.2, 0.25) is 0 Å². The Balaban J connectivity index is 1.84. The Bertz CT molecular complexity index is 927. The van der Waals surface area contributed by atoms with Gasteiger partial charge in [0, 0.05) is 35.8 Å². The predicted molar refractivity (Wildman–Crippen MR) is 94.9 cm³/mol. The van der Waals surface area contributed by atoms with Crippen molar-refractivity contribution in [2.75, 3.05) is 0 Å². The first-order valence-corrected chi connectivity index (χ1v) is 8.27. The summed E-state index contributed by atoms with van der Waals surface area (Å²) in [5.74, 6) is 0.0363. The Hall–Kier alpha value is -3.15. The molecule has 0 spiro atoms. The van der Waals surface area contributed by atoms with E-state index in [1.54, 1.807) is 18.3 Å². The van der Waals surface area contributed by atoms with Gasteiger partial charge in [0.2, 0.25) is 0 Å². The van der Waals surface area contributed by atoms with E-state index in [2.05, 4.69) is 15.0 Å². The first-order chi connectivity index (χ1) is 12.5. The number of ether oxygens (including phenoxy) is 1. The monoisotopic (exact) mass is 351 g/mol. The van der Waals surface area contributed by atoms with Gasteiger partial charge in [0.05, 0.1) is 18.8 Å². The highest BCUT2D eigenvalue weighted by molar-refractivity contribution is 5.95. The maximum atomic E-state index is 13.3. The van der Waals surface area contributed by atoms with Crippen LogP contribution >= 0.6 is 0 Å². The minimum atomic E-state index is -0.492. The smallest absolute Gasteiger partial charge is 0.187 e. The lowest BCUT2D eigenvalue weighted by atomic mass is 10.1. The summed E-state index contributed by atoms with van der Waals surface area (Å²) >= 11 is 0. The van der Waals surface area contributed by atoms with E-state index in [9.17, 15) is 9.18 Å². The molecular weight excluding hydrogens is 333 g/mol. The van der Waals surface area contributed by atoms with Gasteiger partial charge in [-0.2, -0.15) is 0 Å². The number of ketones is 1. The second-order valence-corrected chi connectivity index (χ2v) is 5.90. The van der Waals surface area contributed by atoms with Gasteiger partial charge < -0.3 is 4.74 Å². The molecule has 0 saturated carbocycles. The number of pyridine rings is 3. The summed E-state index contributed by atoms with van der Waals surface area (Å²) in [4.78, 5) is 25.0. The number of halogens is 1. The van der Waals surface area contributed by atoms with E-state index < -0.39 is 5.82 Å². The fourth-order valence-electron chi connectivity index (χ4n) is 2.39. The molecule has 3 heterocycles. The normalized spacial score (nSPS) is 10.6. The van der Waals surface area contributed by atoms with Crippen molar-refractivity contribution in [2.45, 2.75) is 26.7 Å². The number of aromatic nitrogens is 3. The first kappa shape index (κ1) is 17.7. The minimum Gasteiger partial charge on any atom is -0.455 e. The summed E-state index contributed by atoms with van der Waals surface area (Å²) in [7, 11) is 0. The van der Waals surface area contributed by atoms with Gasteiger partial charge in [0.1, 0.15) is 23.0 Å². The fraction of sp³-hybridized carbons (Fsp3) is 0.200. The molecule has 0 aromatic carbocycles. The third-order valence-electron chi connectivity index (χ3n) is 3.73. The second-order valence-electron chi connectivity index (χ2n) is 5.90. The second kappa shape index (κ2) is 7.82.